The first-order valence-electron chi connectivity index (χ1n) is 7.02. The second-order valence-electron chi connectivity index (χ2n) is 5.38. The molecule has 1 aliphatic heterocycles. The molecule has 114 valence electrons. The van der Waals surface area contributed by atoms with Crippen LogP contribution in [0.1, 0.15) is 40.9 Å². The number of carbonyl (C=O) groups is 1. The molecule has 0 saturated heterocycles. The van der Waals surface area contributed by atoms with Gasteiger partial charge in [-0.25, -0.2) is 18.7 Å². The molecule has 1 aliphatic rings. The van der Waals surface area contributed by atoms with Crippen molar-refractivity contribution < 1.29 is 13.6 Å². The Balaban J connectivity index is 2.01. The number of aryl methyl sites for hydroxylation is 1. The summed E-state index contributed by atoms with van der Waals surface area (Å²) in [6.45, 7) is 3.43. The first kappa shape index (κ1) is 14.6. The molecule has 1 aromatic heterocycles. The minimum absolute atomic E-state index is 0.00588. The molecule has 1 aromatic carbocycles. The van der Waals surface area contributed by atoms with Crippen molar-refractivity contribution in [3.8, 4) is 0 Å². The summed E-state index contributed by atoms with van der Waals surface area (Å²) in [6, 6.07) is 8.65. The molecular weight excluding hydrogens is 288 g/mol. The number of anilines is 1. The molecule has 1 atom stereocenters. The molecule has 1 unspecified atom stereocenters. The number of fused-ring (bicyclic) bond motifs is 1. The fourth-order valence-corrected chi connectivity index (χ4v) is 2.81. The van der Waals surface area contributed by atoms with E-state index in [9.17, 15) is 13.6 Å². The Morgan fingerprint density at radius 3 is 2.77 bits per heavy atom. The lowest BCUT2D eigenvalue weighted by molar-refractivity contribution is 0.0975. The van der Waals surface area contributed by atoms with E-state index in [1.807, 2.05) is 31.2 Å². The highest BCUT2D eigenvalue weighted by Crippen LogP contribution is 2.33. The van der Waals surface area contributed by atoms with Gasteiger partial charge < -0.3 is 4.90 Å². The van der Waals surface area contributed by atoms with E-state index >= 15 is 0 Å². The van der Waals surface area contributed by atoms with Gasteiger partial charge in [0.25, 0.3) is 12.3 Å². The smallest absolute Gasteiger partial charge is 0.280 e. The molecular formula is C16H15F2N3O. The largest absolute Gasteiger partial charge is 0.304 e. The topological polar surface area (TPSA) is 46.1 Å². The molecule has 3 rings (SSSR count). The van der Waals surface area contributed by atoms with Gasteiger partial charge in [0.2, 0.25) is 0 Å². The maximum Gasteiger partial charge on any atom is 0.280 e. The summed E-state index contributed by atoms with van der Waals surface area (Å²) in [5, 5.41) is 0. The lowest BCUT2D eigenvalue weighted by Crippen LogP contribution is -2.36. The average molecular weight is 303 g/mol. The summed E-state index contributed by atoms with van der Waals surface area (Å²) in [5.41, 5.74) is 1.47. The molecule has 0 fully saturated rings. The summed E-state index contributed by atoms with van der Waals surface area (Å²) in [4.78, 5) is 22.1. The Kier molecular flexibility index (Phi) is 3.60. The average Bonchev–Trinajstić information content (AvgIpc) is 2.81. The molecule has 1 amide bonds. The van der Waals surface area contributed by atoms with Gasteiger partial charge in [0.05, 0.1) is 0 Å². The zero-order valence-electron chi connectivity index (χ0n) is 12.3. The summed E-state index contributed by atoms with van der Waals surface area (Å²) in [7, 11) is 0. The first-order chi connectivity index (χ1) is 10.5. The number of nitrogens with zero attached hydrogens (tertiary/aromatic N) is 3. The van der Waals surface area contributed by atoms with Gasteiger partial charge in [-0.05, 0) is 38.0 Å². The lowest BCUT2D eigenvalue weighted by Gasteiger charge is -2.22. The number of para-hydroxylation sites is 1. The van der Waals surface area contributed by atoms with Crippen molar-refractivity contribution in [3.05, 3.63) is 53.1 Å². The number of carbonyl (C=O) groups excluding carboxylic acids is 1. The quantitative estimate of drug-likeness (QED) is 0.855. The highest BCUT2D eigenvalue weighted by molar-refractivity contribution is 6.06. The standard InChI is InChI=1S/C16H15F2N3O/c1-9-7-11-5-3-4-6-14(11)21(9)16(22)13-8-12(15(17)18)19-10(2)20-13/h3-6,8-9,15H,7H2,1-2H3. The van der Waals surface area contributed by atoms with E-state index in [1.165, 1.54) is 6.92 Å². The molecule has 0 aliphatic carbocycles. The van der Waals surface area contributed by atoms with Crippen molar-refractivity contribution in [2.24, 2.45) is 0 Å². The lowest BCUT2D eigenvalue weighted by atomic mass is 10.1. The van der Waals surface area contributed by atoms with E-state index in [0.717, 1.165) is 23.7 Å². The maximum absolute atomic E-state index is 12.9. The van der Waals surface area contributed by atoms with Gasteiger partial charge in [-0.15, -0.1) is 0 Å². The number of hydrogen-bond donors (Lipinski definition) is 0. The van der Waals surface area contributed by atoms with Crippen LogP contribution in [-0.4, -0.2) is 21.9 Å². The monoisotopic (exact) mass is 303 g/mol. The van der Waals surface area contributed by atoms with Crippen LogP contribution in [0.25, 0.3) is 0 Å². The highest BCUT2D eigenvalue weighted by atomic mass is 19.3. The summed E-state index contributed by atoms with van der Waals surface area (Å²) in [5.74, 6) is -0.203. The van der Waals surface area contributed by atoms with Gasteiger partial charge in [0, 0.05) is 11.7 Å². The summed E-state index contributed by atoms with van der Waals surface area (Å²) in [6.07, 6.45) is -1.98. The van der Waals surface area contributed by atoms with Crippen molar-refractivity contribution >= 4 is 11.6 Å². The SMILES string of the molecule is Cc1nc(C(=O)N2c3ccccc3CC2C)cc(C(F)F)n1. The van der Waals surface area contributed by atoms with Crippen LogP contribution < -0.4 is 4.90 Å². The Morgan fingerprint density at radius 1 is 1.32 bits per heavy atom. The second kappa shape index (κ2) is 5.44. The molecule has 6 heteroatoms. The maximum atomic E-state index is 12.9. The molecule has 0 saturated carbocycles. The number of hydrogen-bond acceptors (Lipinski definition) is 3. The zero-order valence-corrected chi connectivity index (χ0v) is 12.3. The Hall–Kier alpha value is -2.37. The molecule has 0 N–H and O–H groups in total. The fourth-order valence-electron chi connectivity index (χ4n) is 2.81. The van der Waals surface area contributed by atoms with E-state index < -0.39 is 12.1 Å². The van der Waals surface area contributed by atoms with Crippen LogP contribution in [0.3, 0.4) is 0 Å². The second-order valence-corrected chi connectivity index (χ2v) is 5.38. The van der Waals surface area contributed by atoms with Crippen LogP contribution in [0.4, 0.5) is 14.5 Å². The molecule has 0 bridgehead atoms. The molecule has 2 heterocycles. The number of benzene rings is 1. The van der Waals surface area contributed by atoms with Crippen LogP contribution in [0.15, 0.2) is 30.3 Å². The van der Waals surface area contributed by atoms with Gasteiger partial charge in [-0.3, -0.25) is 4.79 Å². The van der Waals surface area contributed by atoms with Crippen molar-refractivity contribution in [1.29, 1.82) is 0 Å². The Bertz CT molecular complexity index is 733. The van der Waals surface area contributed by atoms with Crippen LogP contribution in [-0.2, 0) is 6.42 Å². The number of alkyl halides is 2. The third-order valence-electron chi connectivity index (χ3n) is 3.73. The number of halogens is 2. The Morgan fingerprint density at radius 2 is 2.05 bits per heavy atom. The van der Waals surface area contributed by atoms with Crippen molar-refractivity contribution in [2.75, 3.05) is 4.90 Å². The van der Waals surface area contributed by atoms with Crippen LogP contribution in [0.5, 0.6) is 0 Å². The van der Waals surface area contributed by atoms with E-state index in [-0.39, 0.29) is 23.5 Å². The van der Waals surface area contributed by atoms with Gasteiger partial charge in [0.15, 0.2) is 0 Å². The van der Waals surface area contributed by atoms with Crippen molar-refractivity contribution in [1.82, 2.24) is 9.97 Å². The number of aromatic nitrogens is 2. The zero-order chi connectivity index (χ0) is 15.9. The van der Waals surface area contributed by atoms with Gasteiger partial charge in [0.1, 0.15) is 17.2 Å². The van der Waals surface area contributed by atoms with Crippen LogP contribution >= 0.6 is 0 Å². The predicted molar refractivity (Wildman–Crippen MR) is 78.1 cm³/mol. The molecule has 2 aromatic rings. The van der Waals surface area contributed by atoms with E-state index in [2.05, 4.69) is 9.97 Å². The molecule has 0 radical (unpaired) electrons. The van der Waals surface area contributed by atoms with Crippen LogP contribution in [0, 0.1) is 6.92 Å². The van der Waals surface area contributed by atoms with Gasteiger partial charge in [-0.2, -0.15) is 0 Å². The molecule has 4 nitrogen and oxygen atoms in total. The fraction of sp³-hybridized carbons (Fsp3) is 0.312. The minimum atomic E-state index is -2.73. The normalized spacial score (nSPS) is 17.0. The Labute approximate surface area is 126 Å². The van der Waals surface area contributed by atoms with Crippen molar-refractivity contribution in [2.45, 2.75) is 32.7 Å². The predicted octanol–water partition coefficient (Wildman–Crippen LogP) is 3.31. The van der Waals surface area contributed by atoms with Crippen molar-refractivity contribution in [3.63, 3.8) is 0 Å². The number of rotatable bonds is 2. The molecule has 22 heavy (non-hydrogen) atoms. The molecule has 0 spiro atoms. The third-order valence-corrected chi connectivity index (χ3v) is 3.73. The van der Waals surface area contributed by atoms with Gasteiger partial charge >= 0.3 is 0 Å². The first-order valence-corrected chi connectivity index (χ1v) is 7.02. The van der Waals surface area contributed by atoms with E-state index in [0.29, 0.717) is 0 Å². The van der Waals surface area contributed by atoms with E-state index in [4.69, 9.17) is 0 Å². The third kappa shape index (κ3) is 2.45. The van der Waals surface area contributed by atoms with Gasteiger partial charge in [-0.1, -0.05) is 18.2 Å². The highest BCUT2D eigenvalue weighted by Gasteiger charge is 2.32. The summed E-state index contributed by atoms with van der Waals surface area (Å²) < 4.78 is 25.7. The van der Waals surface area contributed by atoms with Crippen LogP contribution in [0.2, 0.25) is 0 Å². The minimum Gasteiger partial charge on any atom is -0.304 e. The summed E-state index contributed by atoms with van der Waals surface area (Å²) >= 11 is 0. The van der Waals surface area contributed by atoms with E-state index in [1.54, 1.807) is 4.90 Å². The number of amides is 1.